The summed E-state index contributed by atoms with van der Waals surface area (Å²) in [5.41, 5.74) is 9.17. The van der Waals surface area contributed by atoms with Gasteiger partial charge in [-0.1, -0.05) is 12.1 Å². The summed E-state index contributed by atoms with van der Waals surface area (Å²) in [6.45, 7) is 2.70. The van der Waals surface area contributed by atoms with Crippen LogP contribution in [0.1, 0.15) is 46.3 Å². The van der Waals surface area contributed by atoms with E-state index in [2.05, 4.69) is 10.9 Å². The minimum atomic E-state index is 0.0395. The van der Waals surface area contributed by atoms with Crippen molar-refractivity contribution < 1.29 is 19.0 Å². The van der Waals surface area contributed by atoms with Crippen molar-refractivity contribution in [1.29, 1.82) is 0 Å². The fraction of sp³-hybridized carbons (Fsp3) is 0.409. The van der Waals surface area contributed by atoms with Gasteiger partial charge in [-0.3, -0.25) is 15.6 Å². The molecule has 3 aliphatic heterocycles. The third kappa shape index (κ3) is 3.30. The van der Waals surface area contributed by atoms with Crippen LogP contribution in [-0.2, 0) is 0 Å². The number of hydrogen-bond donors (Lipinski definition) is 2. The molecule has 5 rings (SSSR count). The molecule has 0 aromatic heterocycles. The van der Waals surface area contributed by atoms with Gasteiger partial charge in [0, 0.05) is 31.1 Å². The van der Waals surface area contributed by atoms with E-state index in [1.54, 1.807) is 7.11 Å². The lowest BCUT2D eigenvalue weighted by atomic mass is 9.97. The van der Waals surface area contributed by atoms with Crippen molar-refractivity contribution in [2.75, 3.05) is 33.5 Å². The first-order valence-electron chi connectivity index (χ1n) is 10.1. The third-order valence-electron chi connectivity index (χ3n) is 6.04. The number of carbonyl (C=O) groups is 1. The number of hydrazine groups is 1. The monoisotopic (exact) mass is 395 g/mol. The number of benzene rings is 2. The molecular weight excluding hydrogens is 370 g/mol. The standard InChI is InChI=1S/C22H25N3O4/c1-27-20-10-15(4-6-17(20)16-11-23-24-12-16)22(26)25-8-2-3-18(25)14-5-7-19-21(9-14)29-13-28-19/h4-7,9-10,16,18,23-24H,2-3,8,11-13H2,1H3. The summed E-state index contributed by atoms with van der Waals surface area (Å²) in [5.74, 6) is 2.66. The summed E-state index contributed by atoms with van der Waals surface area (Å²) in [7, 11) is 1.66. The normalized spacial score (nSPS) is 21.0. The molecule has 1 amide bonds. The van der Waals surface area contributed by atoms with E-state index in [1.807, 2.05) is 41.3 Å². The molecule has 2 saturated heterocycles. The van der Waals surface area contributed by atoms with Crippen molar-refractivity contribution in [3.63, 3.8) is 0 Å². The molecule has 2 N–H and O–H groups in total. The van der Waals surface area contributed by atoms with E-state index < -0.39 is 0 Å². The zero-order chi connectivity index (χ0) is 19.8. The van der Waals surface area contributed by atoms with Crippen molar-refractivity contribution in [3.8, 4) is 17.2 Å². The van der Waals surface area contributed by atoms with Crippen LogP contribution < -0.4 is 25.1 Å². The largest absolute Gasteiger partial charge is 0.496 e. The second-order valence-electron chi connectivity index (χ2n) is 7.68. The Morgan fingerprint density at radius 3 is 2.76 bits per heavy atom. The van der Waals surface area contributed by atoms with Crippen molar-refractivity contribution in [2.45, 2.75) is 24.8 Å². The highest BCUT2D eigenvalue weighted by atomic mass is 16.7. The van der Waals surface area contributed by atoms with Gasteiger partial charge >= 0.3 is 0 Å². The third-order valence-corrected chi connectivity index (χ3v) is 6.04. The molecule has 1 atom stereocenters. The van der Waals surface area contributed by atoms with Crippen molar-refractivity contribution in [1.82, 2.24) is 15.8 Å². The Bertz CT molecular complexity index is 926. The Kier molecular flexibility index (Phi) is 4.77. The van der Waals surface area contributed by atoms with Gasteiger partial charge in [0.15, 0.2) is 11.5 Å². The van der Waals surface area contributed by atoms with Crippen LogP contribution in [0, 0.1) is 0 Å². The number of nitrogens with zero attached hydrogens (tertiary/aromatic N) is 1. The predicted molar refractivity (Wildman–Crippen MR) is 107 cm³/mol. The number of fused-ring (bicyclic) bond motifs is 1. The second-order valence-corrected chi connectivity index (χ2v) is 7.68. The maximum absolute atomic E-state index is 13.4. The van der Waals surface area contributed by atoms with Gasteiger partial charge in [0.1, 0.15) is 5.75 Å². The molecule has 3 aliphatic rings. The Hall–Kier alpha value is -2.77. The molecule has 7 nitrogen and oxygen atoms in total. The molecule has 0 radical (unpaired) electrons. The lowest BCUT2D eigenvalue weighted by Gasteiger charge is -2.26. The van der Waals surface area contributed by atoms with E-state index in [-0.39, 0.29) is 18.7 Å². The van der Waals surface area contributed by atoms with Crippen LogP contribution in [0.15, 0.2) is 36.4 Å². The summed E-state index contributed by atoms with van der Waals surface area (Å²) in [4.78, 5) is 15.3. The summed E-state index contributed by atoms with van der Waals surface area (Å²) in [6, 6.07) is 11.8. The number of methoxy groups -OCH3 is 1. The van der Waals surface area contributed by atoms with Gasteiger partial charge < -0.3 is 19.1 Å². The van der Waals surface area contributed by atoms with Gasteiger partial charge in [0.05, 0.1) is 13.2 Å². The zero-order valence-corrected chi connectivity index (χ0v) is 16.4. The van der Waals surface area contributed by atoms with E-state index in [9.17, 15) is 4.79 Å². The Labute approximate surface area is 169 Å². The quantitative estimate of drug-likeness (QED) is 0.829. The minimum absolute atomic E-state index is 0.0395. The van der Waals surface area contributed by atoms with Gasteiger partial charge in [-0.2, -0.15) is 0 Å². The lowest BCUT2D eigenvalue weighted by Crippen LogP contribution is -2.30. The molecule has 2 aromatic carbocycles. The van der Waals surface area contributed by atoms with Gasteiger partial charge in [-0.25, -0.2) is 0 Å². The zero-order valence-electron chi connectivity index (χ0n) is 16.4. The molecule has 1 unspecified atom stereocenters. The number of ether oxygens (including phenoxy) is 3. The molecule has 0 aliphatic carbocycles. The highest BCUT2D eigenvalue weighted by molar-refractivity contribution is 5.95. The SMILES string of the molecule is COc1cc(C(=O)N2CCCC2c2ccc3c(c2)OCO3)ccc1C1CNNC1. The first kappa shape index (κ1) is 18.3. The van der Waals surface area contributed by atoms with Crippen molar-refractivity contribution >= 4 is 5.91 Å². The molecule has 7 heteroatoms. The highest BCUT2D eigenvalue weighted by Crippen LogP contribution is 2.40. The van der Waals surface area contributed by atoms with Gasteiger partial charge in [0.25, 0.3) is 5.91 Å². The number of amides is 1. The molecule has 0 spiro atoms. The molecule has 0 bridgehead atoms. The van der Waals surface area contributed by atoms with Crippen LogP contribution in [0.3, 0.4) is 0 Å². The average molecular weight is 395 g/mol. The van der Waals surface area contributed by atoms with E-state index in [1.165, 1.54) is 0 Å². The average Bonchev–Trinajstić information content (AvgIpc) is 3.53. The van der Waals surface area contributed by atoms with Crippen LogP contribution in [0.5, 0.6) is 17.2 Å². The number of nitrogens with one attached hydrogen (secondary N) is 2. The van der Waals surface area contributed by atoms with Crippen molar-refractivity contribution in [3.05, 3.63) is 53.1 Å². The molecular formula is C22H25N3O4. The van der Waals surface area contributed by atoms with E-state index in [0.29, 0.717) is 11.5 Å². The van der Waals surface area contributed by atoms with E-state index in [0.717, 1.165) is 60.9 Å². The molecule has 29 heavy (non-hydrogen) atoms. The predicted octanol–water partition coefficient (Wildman–Crippen LogP) is 2.59. The number of rotatable bonds is 4. The lowest BCUT2D eigenvalue weighted by molar-refractivity contribution is 0.0735. The molecule has 2 aromatic rings. The van der Waals surface area contributed by atoms with Gasteiger partial charge in [0.2, 0.25) is 6.79 Å². The molecule has 3 heterocycles. The Balaban J connectivity index is 1.40. The number of hydrogen-bond acceptors (Lipinski definition) is 6. The fourth-order valence-corrected chi connectivity index (χ4v) is 4.51. The highest BCUT2D eigenvalue weighted by Gasteiger charge is 2.32. The summed E-state index contributed by atoms with van der Waals surface area (Å²) in [5, 5.41) is 0. The fourth-order valence-electron chi connectivity index (χ4n) is 4.51. The van der Waals surface area contributed by atoms with E-state index >= 15 is 0 Å². The summed E-state index contributed by atoms with van der Waals surface area (Å²) in [6.07, 6.45) is 1.93. The number of carbonyl (C=O) groups excluding carboxylic acids is 1. The second kappa shape index (κ2) is 7.57. The smallest absolute Gasteiger partial charge is 0.254 e. The van der Waals surface area contributed by atoms with Crippen LogP contribution in [0.2, 0.25) is 0 Å². The topological polar surface area (TPSA) is 72.1 Å². The van der Waals surface area contributed by atoms with Crippen molar-refractivity contribution in [2.24, 2.45) is 0 Å². The molecule has 152 valence electrons. The van der Waals surface area contributed by atoms with Gasteiger partial charge in [-0.05, 0) is 48.2 Å². The van der Waals surface area contributed by atoms with Crippen LogP contribution in [0.25, 0.3) is 0 Å². The summed E-state index contributed by atoms with van der Waals surface area (Å²) < 4.78 is 16.5. The Morgan fingerprint density at radius 2 is 1.93 bits per heavy atom. The van der Waals surface area contributed by atoms with Gasteiger partial charge in [-0.15, -0.1) is 0 Å². The first-order chi connectivity index (χ1) is 14.2. The maximum atomic E-state index is 13.4. The maximum Gasteiger partial charge on any atom is 0.254 e. The molecule has 0 saturated carbocycles. The Morgan fingerprint density at radius 1 is 1.10 bits per heavy atom. The minimum Gasteiger partial charge on any atom is -0.496 e. The van der Waals surface area contributed by atoms with Crippen LogP contribution in [-0.4, -0.2) is 44.3 Å². The number of likely N-dealkylation sites (tertiary alicyclic amines) is 1. The first-order valence-corrected chi connectivity index (χ1v) is 10.1. The van der Waals surface area contributed by atoms with Crippen LogP contribution in [0.4, 0.5) is 0 Å². The van der Waals surface area contributed by atoms with Crippen LogP contribution >= 0.6 is 0 Å². The van der Waals surface area contributed by atoms with E-state index in [4.69, 9.17) is 14.2 Å². The molecule has 2 fully saturated rings. The summed E-state index contributed by atoms with van der Waals surface area (Å²) >= 11 is 0.